The molecule has 4 nitrogen and oxygen atoms in total. The number of hydrogen-bond donors (Lipinski definition) is 1. The van der Waals surface area contributed by atoms with Crippen molar-refractivity contribution < 1.29 is 9.18 Å². The Morgan fingerprint density at radius 2 is 1.83 bits per heavy atom. The van der Waals surface area contributed by atoms with Gasteiger partial charge in [-0.3, -0.25) is 9.48 Å². The van der Waals surface area contributed by atoms with Gasteiger partial charge in [0.05, 0.1) is 12.2 Å². The van der Waals surface area contributed by atoms with E-state index in [1.54, 1.807) is 37.4 Å². The summed E-state index contributed by atoms with van der Waals surface area (Å²) in [5.41, 5.74) is 4.29. The van der Waals surface area contributed by atoms with Gasteiger partial charge in [-0.25, -0.2) is 4.39 Å². The molecule has 0 fully saturated rings. The van der Waals surface area contributed by atoms with Crippen molar-refractivity contribution in [2.24, 2.45) is 0 Å². The largest absolute Gasteiger partial charge is 0.319 e. The highest BCUT2D eigenvalue weighted by Crippen LogP contribution is 2.26. The zero-order chi connectivity index (χ0) is 20.2. The van der Waals surface area contributed by atoms with Crippen molar-refractivity contribution in [1.29, 1.82) is 0 Å². The molecule has 1 heterocycles. The number of carbonyl (C=O) groups is 1. The molecule has 1 N–H and O–H groups in total. The second-order valence-electron chi connectivity index (χ2n) is 6.88. The van der Waals surface area contributed by atoms with Crippen molar-refractivity contribution in [3.8, 4) is 11.1 Å². The van der Waals surface area contributed by atoms with Crippen LogP contribution in [-0.2, 0) is 6.54 Å². The maximum absolute atomic E-state index is 14.1. The van der Waals surface area contributed by atoms with Crippen LogP contribution in [0.3, 0.4) is 0 Å². The van der Waals surface area contributed by atoms with E-state index in [0.29, 0.717) is 12.1 Å². The molecule has 1 aromatic heterocycles. The number of halogens is 1. The number of nitrogens with zero attached hydrogens (tertiary/aromatic N) is 2. The van der Waals surface area contributed by atoms with Gasteiger partial charge in [-0.05, 0) is 53.4 Å². The second kappa shape index (κ2) is 8.10. The Balaban J connectivity index is 1.58. The molecule has 0 unspecified atom stereocenters. The average Bonchev–Trinajstić information content (AvgIpc) is 3.24. The lowest BCUT2D eigenvalue weighted by atomic mass is 9.98. The number of aromatic nitrogens is 2. The Kier molecular flexibility index (Phi) is 5.20. The molecule has 0 bridgehead atoms. The molecule has 0 spiro atoms. The third-order valence-electron chi connectivity index (χ3n) is 4.71. The van der Waals surface area contributed by atoms with Crippen LogP contribution in [0.5, 0.6) is 0 Å². The van der Waals surface area contributed by atoms with Crippen LogP contribution in [0.15, 0.2) is 85.2 Å². The van der Waals surface area contributed by atoms with Gasteiger partial charge in [0.2, 0.25) is 0 Å². The predicted molar refractivity (Wildman–Crippen MR) is 112 cm³/mol. The minimum atomic E-state index is -0.446. The van der Waals surface area contributed by atoms with Gasteiger partial charge in [0.25, 0.3) is 5.91 Å². The van der Waals surface area contributed by atoms with E-state index in [1.165, 1.54) is 6.07 Å². The van der Waals surface area contributed by atoms with E-state index in [9.17, 15) is 9.18 Å². The van der Waals surface area contributed by atoms with Crippen LogP contribution in [0.25, 0.3) is 11.1 Å². The first kappa shape index (κ1) is 18.6. The monoisotopic (exact) mass is 385 g/mol. The minimum absolute atomic E-state index is 0.171. The highest BCUT2D eigenvalue weighted by atomic mass is 19.1. The van der Waals surface area contributed by atoms with Gasteiger partial charge in [-0.2, -0.15) is 5.10 Å². The molecule has 4 rings (SSSR count). The van der Waals surface area contributed by atoms with E-state index in [-0.39, 0.29) is 11.6 Å². The quantitative estimate of drug-likeness (QED) is 0.507. The summed E-state index contributed by atoms with van der Waals surface area (Å²) in [6.45, 7) is 2.49. The fraction of sp³-hybridized carbons (Fsp3) is 0.0833. The van der Waals surface area contributed by atoms with E-state index in [4.69, 9.17) is 0 Å². The summed E-state index contributed by atoms with van der Waals surface area (Å²) in [5, 5.41) is 6.89. The maximum atomic E-state index is 14.1. The first-order chi connectivity index (χ1) is 14.1. The molecule has 0 atom stereocenters. The molecule has 4 aromatic rings. The van der Waals surface area contributed by atoms with E-state index in [1.807, 2.05) is 53.3 Å². The molecule has 0 aliphatic heterocycles. The molecule has 0 aliphatic carbocycles. The van der Waals surface area contributed by atoms with Crippen molar-refractivity contribution in [3.05, 3.63) is 108 Å². The normalized spacial score (nSPS) is 10.7. The number of anilines is 1. The number of nitrogens with one attached hydrogen (secondary N) is 1. The van der Waals surface area contributed by atoms with E-state index in [2.05, 4.69) is 10.4 Å². The van der Waals surface area contributed by atoms with Crippen molar-refractivity contribution >= 4 is 11.6 Å². The Bertz CT molecular complexity index is 1140. The standard InChI is InChI=1S/C24H20FN3O/c1-17-7-12-23(22(25)15-17)27-24(29)21-6-3-2-5-20(21)19-10-8-18(9-11-19)16-28-14-4-13-26-28/h2-15H,16H2,1H3,(H,27,29). The molecule has 0 saturated carbocycles. The van der Waals surface area contributed by atoms with Crippen LogP contribution in [-0.4, -0.2) is 15.7 Å². The Hall–Kier alpha value is -3.73. The van der Waals surface area contributed by atoms with E-state index >= 15 is 0 Å². The summed E-state index contributed by atoms with van der Waals surface area (Å²) in [4.78, 5) is 12.8. The van der Waals surface area contributed by atoms with Gasteiger partial charge >= 0.3 is 0 Å². The molecule has 3 aromatic carbocycles. The zero-order valence-electron chi connectivity index (χ0n) is 16.0. The summed E-state index contributed by atoms with van der Waals surface area (Å²) >= 11 is 0. The lowest BCUT2D eigenvalue weighted by molar-refractivity contribution is 0.102. The van der Waals surface area contributed by atoms with Gasteiger partial charge in [-0.1, -0.05) is 48.5 Å². The van der Waals surface area contributed by atoms with Crippen LogP contribution in [0.1, 0.15) is 21.5 Å². The Morgan fingerprint density at radius 3 is 2.55 bits per heavy atom. The van der Waals surface area contributed by atoms with Gasteiger partial charge in [-0.15, -0.1) is 0 Å². The highest BCUT2D eigenvalue weighted by Gasteiger charge is 2.14. The third kappa shape index (κ3) is 4.24. The SMILES string of the molecule is Cc1ccc(NC(=O)c2ccccc2-c2ccc(Cn3cccn3)cc2)c(F)c1. The number of benzene rings is 3. The zero-order valence-corrected chi connectivity index (χ0v) is 16.0. The fourth-order valence-corrected chi connectivity index (χ4v) is 3.21. The lowest BCUT2D eigenvalue weighted by Gasteiger charge is -2.12. The molecule has 29 heavy (non-hydrogen) atoms. The summed E-state index contributed by atoms with van der Waals surface area (Å²) in [5.74, 6) is -0.789. The summed E-state index contributed by atoms with van der Waals surface area (Å²) < 4.78 is 16.0. The number of aryl methyl sites for hydroxylation is 1. The summed E-state index contributed by atoms with van der Waals surface area (Å²) in [6, 6.07) is 22.0. The first-order valence-corrected chi connectivity index (χ1v) is 9.33. The Labute approximate surface area is 168 Å². The van der Waals surface area contributed by atoms with Crippen LogP contribution in [0, 0.1) is 12.7 Å². The van der Waals surface area contributed by atoms with E-state index < -0.39 is 5.82 Å². The number of carbonyl (C=O) groups excluding carboxylic acids is 1. The topological polar surface area (TPSA) is 46.9 Å². The molecule has 0 radical (unpaired) electrons. The molecular formula is C24H20FN3O. The molecule has 5 heteroatoms. The van der Waals surface area contributed by atoms with E-state index in [0.717, 1.165) is 22.3 Å². The van der Waals surface area contributed by atoms with Crippen LogP contribution in [0.2, 0.25) is 0 Å². The minimum Gasteiger partial charge on any atom is -0.319 e. The van der Waals surface area contributed by atoms with Gasteiger partial charge < -0.3 is 5.32 Å². The summed E-state index contributed by atoms with van der Waals surface area (Å²) in [6.07, 6.45) is 3.66. The van der Waals surface area contributed by atoms with Crippen LogP contribution in [0.4, 0.5) is 10.1 Å². The van der Waals surface area contributed by atoms with Crippen molar-refractivity contribution in [2.75, 3.05) is 5.32 Å². The van der Waals surface area contributed by atoms with Crippen LogP contribution >= 0.6 is 0 Å². The number of hydrogen-bond acceptors (Lipinski definition) is 2. The van der Waals surface area contributed by atoms with Crippen LogP contribution < -0.4 is 5.32 Å². The molecule has 144 valence electrons. The Morgan fingerprint density at radius 1 is 1.03 bits per heavy atom. The van der Waals surface area contributed by atoms with Crippen molar-refractivity contribution in [1.82, 2.24) is 9.78 Å². The molecule has 0 saturated heterocycles. The lowest BCUT2D eigenvalue weighted by Crippen LogP contribution is -2.14. The highest BCUT2D eigenvalue weighted by molar-refractivity contribution is 6.08. The van der Waals surface area contributed by atoms with Gasteiger partial charge in [0, 0.05) is 18.0 Å². The predicted octanol–water partition coefficient (Wildman–Crippen LogP) is 5.30. The average molecular weight is 385 g/mol. The molecule has 1 amide bonds. The fourth-order valence-electron chi connectivity index (χ4n) is 3.21. The number of amides is 1. The van der Waals surface area contributed by atoms with Crippen molar-refractivity contribution in [3.63, 3.8) is 0 Å². The molecule has 0 aliphatic rings. The summed E-state index contributed by atoms with van der Waals surface area (Å²) in [7, 11) is 0. The smallest absolute Gasteiger partial charge is 0.256 e. The second-order valence-corrected chi connectivity index (χ2v) is 6.88. The maximum Gasteiger partial charge on any atom is 0.256 e. The number of rotatable bonds is 5. The van der Waals surface area contributed by atoms with Gasteiger partial charge in [0.15, 0.2) is 0 Å². The van der Waals surface area contributed by atoms with Gasteiger partial charge in [0.1, 0.15) is 5.82 Å². The van der Waals surface area contributed by atoms with Crippen molar-refractivity contribution in [2.45, 2.75) is 13.5 Å². The first-order valence-electron chi connectivity index (χ1n) is 9.33. The molecular weight excluding hydrogens is 365 g/mol. The third-order valence-corrected chi connectivity index (χ3v) is 4.71.